The molecule has 3 heteroatoms. The standard InChI is InChI=1S/C16H14N2O/c1-19-15-9-8-14(16(18)10-15)7-6-12-2-4-13(11-17)5-3-12/h2-10H,18H2,1H3/b7-6+. The molecule has 0 heterocycles. The van der Waals surface area contributed by atoms with Gasteiger partial charge in [-0.15, -0.1) is 0 Å². The maximum absolute atomic E-state index is 8.73. The zero-order valence-electron chi connectivity index (χ0n) is 10.6. The number of rotatable bonds is 3. The fourth-order valence-electron chi connectivity index (χ4n) is 1.69. The van der Waals surface area contributed by atoms with Crippen LogP contribution in [0.4, 0.5) is 5.69 Å². The Balaban J connectivity index is 2.20. The number of benzene rings is 2. The molecule has 3 nitrogen and oxygen atoms in total. The van der Waals surface area contributed by atoms with Crippen LogP contribution in [0.15, 0.2) is 42.5 Å². The lowest BCUT2D eigenvalue weighted by Crippen LogP contribution is -1.91. The van der Waals surface area contributed by atoms with E-state index in [4.69, 9.17) is 15.7 Å². The number of ether oxygens (including phenoxy) is 1. The van der Waals surface area contributed by atoms with Gasteiger partial charge in [0, 0.05) is 11.8 Å². The smallest absolute Gasteiger partial charge is 0.120 e. The van der Waals surface area contributed by atoms with Gasteiger partial charge in [0.1, 0.15) is 5.75 Å². The topological polar surface area (TPSA) is 59.0 Å². The summed E-state index contributed by atoms with van der Waals surface area (Å²) in [5.74, 6) is 0.744. The Labute approximate surface area is 112 Å². The summed E-state index contributed by atoms with van der Waals surface area (Å²) in [6, 6.07) is 15.0. The van der Waals surface area contributed by atoms with E-state index in [-0.39, 0.29) is 0 Å². The van der Waals surface area contributed by atoms with Crippen LogP contribution in [0.3, 0.4) is 0 Å². The summed E-state index contributed by atoms with van der Waals surface area (Å²) in [6.45, 7) is 0. The van der Waals surface area contributed by atoms with Crippen molar-refractivity contribution in [3.63, 3.8) is 0 Å². The molecule has 0 radical (unpaired) electrons. The van der Waals surface area contributed by atoms with E-state index in [2.05, 4.69) is 6.07 Å². The Hall–Kier alpha value is -2.73. The summed E-state index contributed by atoms with van der Waals surface area (Å²) in [6.07, 6.45) is 3.90. The van der Waals surface area contributed by atoms with Crippen LogP contribution in [-0.4, -0.2) is 7.11 Å². The fourth-order valence-corrected chi connectivity index (χ4v) is 1.69. The molecule has 2 N–H and O–H groups in total. The van der Waals surface area contributed by atoms with E-state index in [1.165, 1.54) is 0 Å². The number of methoxy groups -OCH3 is 1. The van der Waals surface area contributed by atoms with Crippen molar-refractivity contribution >= 4 is 17.8 Å². The Morgan fingerprint density at radius 1 is 1.11 bits per heavy atom. The van der Waals surface area contributed by atoms with Crippen molar-refractivity contribution in [1.82, 2.24) is 0 Å². The van der Waals surface area contributed by atoms with Gasteiger partial charge in [-0.1, -0.05) is 24.3 Å². The highest BCUT2D eigenvalue weighted by Crippen LogP contribution is 2.21. The van der Waals surface area contributed by atoms with E-state index in [0.717, 1.165) is 16.9 Å². The van der Waals surface area contributed by atoms with Gasteiger partial charge in [-0.3, -0.25) is 0 Å². The third-order valence-electron chi connectivity index (χ3n) is 2.79. The average Bonchev–Trinajstić information content (AvgIpc) is 2.46. The number of hydrogen-bond donors (Lipinski definition) is 1. The van der Waals surface area contributed by atoms with Gasteiger partial charge in [0.25, 0.3) is 0 Å². The molecule has 0 spiro atoms. The predicted molar refractivity (Wildman–Crippen MR) is 77.5 cm³/mol. The second-order valence-electron chi connectivity index (χ2n) is 4.06. The fraction of sp³-hybridized carbons (Fsp3) is 0.0625. The number of hydrogen-bond acceptors (Lipinski definition) is 3. The summed E-state index contributed by atoms with van der Waals surface area (Å²) in [7, 11) is 1.61. The zero-order valence-corrected chi connectivity index (χ0v) is 10.6. The molecule has 0 fully saturated rings. The van der Waals surface area contributed by atoms with Crippen LogP contribution in [0.25, 0.3) is 12.2 Å². The van der Waals surface area contributed by atoms with Gasteiger partial charge in [0.05, 0.1) is 18.7 Å². The molecule has 0 unspecified atom stereocenters. The quantitative estimate of drug-likeness (QED) is 0.671. The molecule has 0 aromatic heterocycles. The first-order valence-corrected chi connectivity index (χ1v) is 5.84. The van der Waals surface area contributed by atoms with Gasteiger partial charge in [-0.05, 0) is 35.4 Å². The van der Waals surface area contributed by atoms with E-state index in [1.807, 2.05) is 36.4 Å². The zero-order chi connectivity index (χ0) is 13.7. The molecule has 19 heavy (non-hydrogen) atoms. The van der Waals surface area contributed by atoms with E-state index in [9.17, 15) is 0 Å². The summed E-state index contributed by atoms with van der Waals surface area (Å²) < 4.78 is 5.10. The van der Waals surface area contributed by atoms with Crippen LogP contribution >= 0.6 is 0 Å². The lowest BCUT2D eigenvalue weighted by Gasteiger charge is -2.04. The Bertz CT molecular complexity index is 637. The van der Waals surface area contributed by atoms with Crippen LogP contribution in [-0.2, 0) is 0 Å². The van der Waals surface area contributed by atoms with Crippen molar-refractivity contribution in [3.8, 4) is 11.8 Å². The molecule has 0 saturated carbocycles. The van der Waals surface area contributed by atoms with E-state index < -0.39 is 0 Å². The van der Waals surface area contributed by atoms with Crippen LogP contribution < -0.4 is 10.5 Å². The third kappa shape index (κ3) is 3.14. The van der Waals surface area contributed by atoms with Crippen molar-refractivity contribution in [2.45, 2.75) is 0 Å². The average molecular weight is 250 g/mol. The Morgan fingerprint density at radius 3 is 2.42 bits per heavy atom. The normalized spacial score (nSPS) is 10.3. The number of anilines is 1. The van der Waals surface area contributed by atoms with Crippen molar-refractivity contribution < 1.29 is 4.74 Å². The molecule has 0 saturated heterocycles. The lowest BCUT2D eigenvalue weighted by molar-refractivity contribution is 0.415. The molecular weight excluding hydrogens is 236 g/mol. The summed E-state index contributed by atoms with van der Waals surface area (Å²) in [5, 5.41) is 8.73. The highest BCUT2D eigenvalue weighted by molar-refractivity contribution is 5.76. The third-order valence-corrected chi connectivity index (χ3v) is 2.79. The van der Waals surface area contributed by atoms with Gasteiger partial charge in [0.2, 0.25) is 0 Å². The molecule has 0 aliphatic carbocycles. The van der Waals surface area contributed by atoms with Crippen LogP contribution in [0, 0.1) is 11.3 Å². The molecule has 2 aromatic carbocycles. The first-order valence-electron chi connectivity index (χ1n) is 5.84. The monoisotopic (exact) mass is 250 g/mol. The minimum atomic E-state index is 0.654. The molecule has 0 bridgehead atoms. The van der Waals surface area contributed by atoms with Crippen molar-refractivity contribution in [2.75, 3.05) is 12.8 Å². The van der Waals surface area contributed by atoms with E-state index in [1.54, 1.807) is 25.3 Å². The second-order valence-corrected chi connectivity index (χ2v) is 4.06. The van der Waals surface area contributed by atoms with Gasteiger partial charge < -0.3 is 10.5 Å². The lowest BCUT2D eigenvalue weighted by atomic mass is 10.1. The van der Waals surface area contributed by atoms with E-state index in [0.29, 0.717) is 11.3 Å². The first-order chi connectivity index (χ1) is 9.22. The van der Waals surface area contributed by atoms with Gasteiger partial charge in [-0.2, -0.15) is 5.26 Å². The second kappa shape index (κ2) is 5.74. The van der Waals surface area contributed by atoms with Crippen molar-refractivity contribution in [3.05, 3.63) is 59.2 Å². The molecule has 0 aliphatic heterocycles. The maximum Gasteiger partial charge on any atom is 0.120 e. The van der Waals surface area contributed by atoms with Crippen molar-refractivity contribution in [2.24, 2.45) is 0 Å². The number of nitrogens with two attached hydrogens (primary N) is 1. The summed E-state index contributed by atoms with van der Waals surface area (Å²) >= 11 is 0. The minimum absolute atomic E-state index is 0.654. The highest BCUT2D eigenvalue weighted by atomic mass is 16.5. The van der Waals surface area contributed by atoms with Gasteiger partial charge >= 0.3 is 0 Å². The van der Waals surface area contributed by atoms with Crippen molar-refractivity contribution in [1.29, 1.82) is 5.26 Å². The molecule has 0 atom stereocenters. The van der Waals surface area contributed by atoms with Crippen LogP contribution in [0.2, 0.25) is 0 Å². The molecule has 0 aliphatic rings. The molecule has 2 rings (SSSR count). The molecular formula is C16H14N2O. The largest absolute Gasteiger partial charge is 0.497 e. The highest BCUT2D eigenvalue weighted by Gasteiger charge is 1.98. The van der Waals surface area contributed by atoms with E-state index >= 15 is 0 Å². The molecule has 2 aromatic rings. The SMILES string of the molecule is COc1ccc(/C=C/c2ccc(C#N)cc2)c(N)c1. The Morgan fingerprint density at radius 2 is 1.84 bits per heavy atom. The van der Waals surface area contributed by atoms with Gasteiger partial charge in [-0.25, -0.2) is 0 Å². The maximum atomic E-state index is 8.73. The minimum Gasteiger partial charge on any atom is -0.497 e. The Kier molecular flexibility index (Phi) is 3.84. The first kappa shape index (κ1) is 12.7. The van der Waals surface area contributed by atoms with Crippen LogP contribution in [0.1, 0.15) is 16.7 Å². The summed E-state index contributed by atoms with van der Waals surface area (Å²) in [4.78, 5) is 0. The summed E-state index contributed by atoms with van der Waals surface area (Å²) in [5.41, 5.74) is 9.21. The molecule has 0 amide bonds. The van der Waals surface area contributed by atoms with Crippen LogP contribution in [0.5, 0.6) is 5.75 Å². The van der Waals surface area contributed by atoms with Gasteiger partial charge in [0.15, 0.2) is 0 Å². The predicted octanol–water partition coefficient (Wildman–Crippen LogP) is 3.32. The molecule has 94 valence electrons. The number of nitriles is 1. The number of nitrogens with zero attached hydrogens (tertiary/aromatic N) is 1. The number of nitrogen functional groups attached to an aromatic ring is 1.